The second kappa shape index (κ2) is 6.59. The number of carbonyl (C=O) groups excluding carboxylic acids is 1. The highest BCUT2D eigenvalue weighted by atomic mass is 16.6. The lowest BCUT2D eigenvalue weighted by atomic mass is 10.1. The number of carbonyl (C=O) groups is 1. The molecule has 1 unspecified atom stereocenters. The highest BCUT2D eigenvalue weighted by Crippen LogP contribution is 2.31. The molecule has 3 N–H and O–H groups in total. The van der Waals surface area contributed by atoms with E-state index >= 15 is 0 Å². The summed E-state index contributed by atoms with van der Waals surface area (Å²) in [6, 6.07) is 13.4. The van der Waals surface area contributed by atoms with Crippen molar-refractivity contribution in [3.05, 3.63) is 53.9 Å². The predicted octanol–water partition coefficient (Wildman–Crippen LogP) is 2.17. The summed E-state index contributed by atoms with van der Waals surface area (Å²) >= 11 is 0. The van der Waals surface area contributed by atoms with E-state index in [0.717, 1.165) is 23.3 Å². The summed E-state index contributed by atoms with van der Waals surface area (Å²) in [7, 11) is 0. The molecule has 27 heavy (non-hydrogen) atoms. The van der Waals surface area contributed by atoms with E-state index in [1.807, 2.05) is 24.3 Å². The van der Waals surface area contributed by atoms with Gasteiger partial charge in [0.15, 0.2) is 11.5 Å². The summed E-state index contributed by atoms with van der Waals surface area (Å²) in [5, 5.41) is 6.53. The Hall–Kier alpha value is -3.06. The summed E-state index contributed by atoms with van der Waals surface area (Å²) in [5.74, 6) is 2.11. The fourth-order valence-electron chi connectivity index (χ4n) is 3.64. The molecule has 3 heterocycles. The number of imidazole rings is 1. The van der Waals surface area contributed by atoms with Crippen molar-refractivity contribution in [1.82, 2.24) is 20.6 Å². The number of amides is 1. The SMILES string of the molecule is O=C(N[C@@H]1CNC(c2nc3ccccc3[nH]2)C1)c1ccc2c(c1)OCCO2. The second-order valence-electron chi connectivity index (χ2n) is 6.86. The Bertz CT molecular complexity index is 967. The molecule has 7 nitrogen and oxygen atoms in total. The van der Waals surface area contributed by atoms with Crippen LogP contribution >= 0.6 is 0 Å². The van der Waals surface area contributed by atoms with Crippen LogP contribution in [-0.4, -0.2) is 41.7 Å². The Morgan fingerprint density at radius 2 is 1.96 bits per heavy atom. The highest BCUT2D eigenvalue weighted by molar-refractivity contribution is 5.95. The first-order chi connectivity index (χ1) is 13.3. The van der Waals surface area contributed by atoms with Gasteiger partial charge in [-0.05, 0) is 36.8 Å². The van der Waals surface area contributed by atoms with Gasteiger partial charge in [0.1, 0.15) is 19.0 Å². The maximum absolute atomic E-state index is 12.6. The molecule has 5 rings (SSSR count). The fourth-order valence-corrected chi connectivity index (χ4v) is 3.64. The first-order valence-corrected chi connectivity index (χ1v) is 9.15. The molecular weight excluding hydrogens is 344 g/mol. The van der Waals surface area contributed by atoms with Crippen LogP contribution in [0.15, 0.2) is 42.5 Å². The number of aromatic nitrogens is 2. The molecule has 1 amide bonds. The van der Waals surface area contributed by atoms with Gasteiger partial charge in [-0.25, -0.2) is 4.98 Å². The third-order valence-electron chi connectivity index (χ3n) is 5.01. The molecule has 1 saturated heterocycles. The Morgan fingerprint density at radius 3 is 2.85 bits per heavy atom. The molecule has 1 aromatic heterocycles. The number of hydrogen-bond acceptors (Lipinski definition) is 5. The number of nitrogens with zero attached hydrogens (tertiary/aromatic N) is 1. The maximum atomic E-state index is 12.6. The molecule has 0 saturated carbocycles. The van der Waals surface area contributed by atoms with Crippen LogP contribution in [0.4, 0.5) is 0 Å². The van der Waals surface area contributed by atoms with Gasteiger partial charge in [0, 0.05) is 18.2 Å². The minimum atomic E-state index is -0.107. The molecular formula is C20H20N4O3. The Balaban J connectivity index is 1.26. The third-order valence-corrected chi connectivity index (χ3v) is 5.01. The second-order valence-corrected chi connectivity index (χ2v) is 6.86. The van der Waals surface area contributed by atoms with Crippen molar-refractivity contribution in [2.75, 3.05) is 19.8 Å². The lowest BCUT2D eigenvalue weighted by Gasteiger charge is -2.19. The monoisotopic (exact) mass is 364 g/mol. The van der Waals surface area contributed by atoms with Crippen LogP contribution in [0.25, 0.3) is 11.0 Å². The van der Waals surface area contributed by atoms with E-state index in [4.69, 9.17) is 9.47 Å². The molecule has 0 radical (unpaired) electrons. The Kier molecular flexibility index (Phi) is 3.94. The Morgan fingerprint density at radius 1 is 1.11 bits per heavy atom. The largest absolute Gasteiger partial charge is 0.486 e. The van der Waals surface area contributed by atoms with E-state index in [-0.39, 0.29) is 18.0 Å². The highest BCUT2D eigenvalue weighted by Gasteiger charge is 2.29. The van der Waals surface area contributed by atoms with Crippen LogP contribution in [-0.2, 0) is 0 Å². The number of H-pyrrole nitrogens is 1. The van der Waals surface area contributed by atoms with Gasteiger partial charge in [-0.15, -0.1) is 0 Å². The molecule has 138 valence electrons. The number of benzene rings is 2. The van der Waals surface area contributed by atoms with E-state index in [0.29, 0.717) is 36.8 Å². The Labute approximate surface area is 156 Å². The standard InChI is InChI=1S/C20H20N4O3/c25-20(12-5-6-17-18(9-12)27-8-7-26-17)22-13-10-16(21-11-13)19-23-14-3-1-2-4-15(14)24-19/h1-6,9,13,16,21H,7-8,10-11H2,(H,22,25)(H,23,24)/t13-,16?/m0/s1. The smallest absolute Gasteiger partial charge is 0.251 e. The normalized spacial score (nSPS) is 21.3. The number of ether oxygens (including phenoxy) is 2. The number of hydrogen-bond donors (Lipinski definition) is 3. The minimum Gasteiger partial charge on any atom is -0.486 e. The number of fused-ring (bicyclic) bond motifs is 2. The maximum Gasteiger partial charge on any atom is 0.251 e. The molecule has 2 aliphatic rings. The molecule has 0 bridgehead atoms. The molecule has 2 aliphatic heterocycles. The van der Waals surface area contributed by atoms with Gasteiger partial charge in [0.25, 0.3) is 5.91 Å². The van der Waals surface area contributed by atoms with Crippen LogP contribution in [0.3, 0.4) is 0 Å². The first-order valence-electron chi connectivity index (χ1n) is 9.15. The third kappa shape index (κ3) is 3.10. The van der Waals surface area contributed by atoms with Crippen molar-refractivity contribution >= 4 is 16.9 Å². The molecule has 3 aromatic rings. The van der Waals surface area contributed by atoms with Crippen molar-refractivity contribution < 1.29 is 14.3 Å². The number of para-hydroxylation sites is 2. The number of nitrogens with one attached hydrogen (secondary N) is 3. The molecule has 0 spiro atoms. The minimum absolute atomic E-state index is 0.0453. The summed E-state index contributed by atoms with van der Waals surface area (Å²) < 4.78 is 11.1. The van der Waals surface area contributed by atoms with Crippen LogP contribution in [0.2, 0.25) is 0 Å². The van der Waals surface area contributed by atoms with E-state index in [1.54, 1.807) is 18.2 Å². The van der Waals surface area contributed by atoms with Crippen LogP contribution in [0, 0.1) is 0 Å². The average molecular weight is 364 g/mol. The number of aromatic amines is 1. The zero-order valence-corrected chi connectivity index (χ0v) is 14.7. The predicted molar refractivity (Wildman–Crippen MR) is 100 cm³/mol. The van der Waals surface area contributed by atoms with E-state index in [1.165, 1.54) is 0 Å². The molecule has 1 fully saturated rings. The van der Waals surface area contributed by atoms with Crippen LogP contribution in [0.1, 0.15) is 28.6 Å². The van der Waals surface area contributed by atoms with Gasteiger partial charge in [0.05, 0.1) is 17.1 Å². The summed E-state index contributed by atoms with van der Waals surface area (Å²) in [4.78, 5) is 20.6. The fraction of sp³-hybridized carbons (Fsp3) is 0.300. The van der Waals surface area contributed by atoms with Crippen molar-refractivity contribution in [3.63, 3.8) is 0 Å². The van der Waals surface area contributed by atoms with Crippen molar-refractivity contribution in [2.45, 2.75) is 18.5 Å². The van der Waals surface area contributed by atoms with Gasteiger partial charge in [-0.3, -0.25) is 4.79 Å². The summed E-state index contributed by atoms with van der Waals surface area (Å²) in [5.41, 5.74) is 2.56. The summed E-state index contributed by atoms with van der Waals surface area (Å²) in [6.45, 7) is 1.75. The zero-order chi connectivity index (χ0) is 18.2. The van der Waals surface area contributed by atoms with Gasteiger partial charge < -0.3 is 25.1 Å². The molecule has 2 aromatic carbocycles. The van der Waals surface area contributed by atoms with E-state index < -0.39 is 0 Å². The average Bonchev–Trinajstić information content (AvgIpc) is 3.34. The van der Waals surface area contributed by atoms with Crippen molar-refractivity contribution in [3.8, 4) is 11.5 Å². The topological polar surface area (TPSA) is 88.3 Å². The van der Waals surface area contributed by atoms with Crippen molar-refractivity contribution in [1.29, 1.82) is 0 Å². The van der Waals surface area contributed by atoms with E-state index in [2.05, 4.69) is 20.6 Å². The van der Waals surface area contributed by atoms with Gasteiger partial charge in [-0.1, -0.05) is 12.1 Å². The molecule has 0 aliphatic carbocycles. The quantitative estimate of drug-likeness (QED) is 0.663. The van der Waals surface area contributed by atoms with Gasteiger partial charge >= 0.3 is 0 Å². The van der Waals surface area contributed by atoms with Gasteiger partial charge in [-0.2, -0.15) is 0 Å². The van der Waals surface area contributed by atoms with Crippen molar-refractivity contribution in [2.24, 2.45) is 0 Å². The number of rotatable bonds is 3. The lowest BCUT2D eigenvalue weighted by molar-refractivity contribution is 0.0938. The molecule has 2 atom stereocenters. The lowest BCUT2D eigenvalue weighted by Crippen LogP contribution is -2.36. The van der Waals surface area contributed by atoms with Crippen LogP contribution in [0.5, 0.6) is 11.5 Å². The van der Waals surface area contributed by atoms with Crippen LogP contribution < -0.4 is 20.1 Å². The molecule has 7 heteroatoms. The van der Waals surface area contributed by atoms with Gasteiger partial charge in [0.2, 0.25) is 0 Å². The first kappa shape index (κ1) is 16.1. The zero-order valence-electron chi connectivity index (χ0n) is 14.7. The summed E-state index contributed by atoms with van der Waals surface area (Å²) in [6.07, 6.45) is 0.788. The van der Waals surface area contributed by atoms with E-state index in [9.17, 15) is 4.79 Å².